The van der Waals surface area contributed by atoms with Gasteiger partial charge in [-0.05, 0) is 55.3 Å². The minimum absolute atomic E-state index is 0.633. The van der Waals surface area contributed by atoms with Gasteiger partial charge in [-0.1, -0.05) is 19.1 Å². The molecule has 0 aliphatic carbocycles. The van der Waals surface area contributed by atoms with Gasteiger partial charge < -0.3 is 11.1 Å². The lowest BCUT2D eigenvalue weighted by molar-refractivity contribution is 0.544. The van der Waals surface area contributed by atoms with E-state index in [4.69, 9.17) is 5.73 Å². The number of benzene rings is 1. The molecule has 1 heterocycles. The van der Waals surface area contributed by atoms with Crippen molar-refractivity contribution >= 4 is 5.69 Å². The number of aryl methyl sites for hydroxylation is 2. The molecule has 1 atom stereocenters. The highest BCUT2D eigenvalue weighted by Gasteiger charge is 2.09. The lowest BCUT2D eigenvalue weighted by atomic mass is 9.96. The molecule has 16 heavy (non-hydrogen) atoms. The van der Waals surface area contributed by atoms with Crippen molar-refractivity contribution in [2.75, 3.05) is 18.4 Å². The molecule has 1 aromatic carbocycles. The molecular formula is C14H22N2. The average molecular weight is 218 g/mol. The molecular weight excluding hydrogens is 196 g/mol. The first-order valence-electron chi connectivity index (χ1n) is 6.35. The summed E-state index contributed by atoms with van der Waals surface area (Å²) in [6.07, 6.45) is 4.84. The molecule has 0 radical (unpaired) electrons. The first-order chi connectivity index (χ1) is 7.79. The minimum Gasteiger partial charge on any atom is -0.385 e. The van der Waals surface area contributed by atoms with Crippen LogP contribution in [0.4, 0.5) is 5.69 Å². The predicted octanol–water partition coefficient (Wildman–Crippen LogP) is 2.57. The fourth-order valence-corrected chi connectivity index (χ4v) is 2.21. The number of hydrogen-bond acceptors (Lipinski definition) is 2. The zero-order valence-corrected chi connectivity index (χ0v) is 10.1. The molecule has 0 bridgehead atoms. The molecule has 2 nitrogen and oxygen atoms in total. The maximum absolute atomic E-state index is 5.64. The summed E-state index contributed by atoms with van der Waals surface area (Å²) < 4.78 is 0. The summed E-state index contributed by atoms with van der Waals surface area (Å²) in [5.74, 6) is 0.633. The molecule has 1 unspecified atom stereocenters. The van der Waals surface area contributed by atoms with Crippen LogP contribution in [0.1, 0.15) is 30.9 Å². The number of hydrogen-bond donors (Lipinski definition) is 2. The van der Waals surface area contributed by atoms with Crippen molar-refractivity contribution in [1.82, 2.24) is 0 Å². The quantitative estimate of drug-likeness (QED) is 0.815. The topological polar surface area (TPSA) is 38.0 Å². The van der Waals surface area contributed by atoms with Crippen LogP contribution in [0.25, 0.3) is 0 Å². The number of rotatable bonds is 4. The fraction of sp³-hybridized carbons (Fsp3) is 0.571. The van der Waals surface area contributed by atoms with Crippen LogP contribution in [0, 0.1) is 5.92 Å². The molecule has 2 rings (SSSR count). The largest absolute Gasteiger partial charge is 0.385 e. The van der Waals surface area contributed by atoms with Crippen molar-refractivity contribution in [3.05, 3.63) is 29.3 Å². The summed E-state index contributed by atoms with van der Waals surface area (Å²) >= 11 is 0. The Morgan fingerprint density at radius 1 is 1.44 bits per heavy atom. The third kappa shape index (κ3) is 2.76. The Balaban J connectivity index is 2.00. The van der Waals surface area contributed by atoms with E-state index in [9.17, 15) is 0 Å². The third-order valence-electron chi connectivity index (χ3n) is 3.44. The zero-order valence-electron chi connectivity index (χ0n) is 10.1. The molecule has 2 heteroatoms. The molecule has 0 amide bonds. The van der Waals surface area contributed by atoms with Crippen LogP contribution in [0.2, 0.25) is 0 Å². The van der Waals surface area contributed by atoms with E-state index in [-0.39, 0.29) is 0 Å². The average Bonchev–Trinajstić information content (AvgIpc) is 2.35. The van der Waals surface area contributed by atoms with E-state index in [0.29, 0.717) is 5.92 Å². The van der Waals surface area contributed by atoms with E-state index in [1.807, 2.05) is 0 Å². The highest BCUT2D eigenvalue weighted by molar-refractivity contribution is 5.54. The van der Waals surface area contributed by atoms with Gasteiger partial charge >= 0.3 is 0 Å². The monoisotopic (exact) mass is 218 g/mol. The van der Waals surface area contributed by atoms with E-state index in [2.05, 4.69) is 30.4 Å². The van der Waals surface area contributed by atoms with E-state index >= 15 is 0 Å². The van der Waals surface area contributed by atoms with Crippen LogP contribution in [0.3, 0.4) is 0 Å². The van der Waals surface area contributed by atoms with Gasteiger partial charge in [0.1, 0.15) is 0 Å². The highest BCUT2D eigenvalue weighted by atomic mass is 14.9. The summed E-state index contributed by atoms with van der Waals surface area (Å²) in [6, 6.07) is 6.85. The van der Waals surface area contributed by atoms with Crippen LogP contribution in [0.5, 0.6) is 0 Å². The first kappa shape index (κ1) is 11.5. The second-order valence-corrected chi connectivity index (χ2v) is 4.90. The van der Waals surface area contributed by atoms with Crippen LogP contribution >= 0.6 is 0 Å². The fourth-order valence-electron chi connectivity index (χ4n) is 2.21. The Labute approximate surface area is 98.2 Å². The zero-order chi connectivity index (χ0) is 11.4. The normalized spacial score (nSPS) is 16.4. The number of fused-ring (bicyclic) bond motifs is 1. The van der Waals surface area contributed by atoms with Crippen molar-refractivity contribution in [1.29, 1.82) is 0 Å². The smallest absolute Gasteiger partial charge is 0.0372 e. The van der Waals surface area contributed by atoms with Crippen LogP contribution in [-0.2, 0) is 12.8 Å². The van der Waals surface area contributed by atoms with Crippen molar-refractivity contribution in [3.63, 3.8) is 0 Å². The summed E-state index contributed by atoms with van der Waals surface area (Å²) in [7, 11) is 0. The molecule has 0 spiro atoms. The van der Waals surface area contributed by atoms with Gasteiger partial charge in [-0.2, -0.15) is 0 Å². The lowest BCUT2D eigenvalue weighted by Gasteiger charge is -2.19. The summed E-state index contributed by atoms with van der Waals surface area (Å²) in [5.41, 5.74) is 9.92. The van der Waals surface area contributed by atoms with E-state index in [0.717, 1.165) is 19.5 Å². The van der Waals surface area contributed by atoms with Gasteiger partial charge in [0.05, 0.1) is 0 Å². The summed E-state index contributed by atoms with van der Waals surface area (Å²) in [4.78, 5) is 0. The molecule has 0 fully saturated rings. The van der Waals surface area contributed by atoms with Gasteiger partial charge in [-0.25, -0.2) is 0 Å². The van der Waals surface area contributed by atoms with Gasteiger partial charge in [0.15, 0.2) is 0 Å². The molecule has 1 aromatic rings. The second-order valence-electron chi connectivity index (χ2n) is 4.90. The summed E-state index contributed by atoms with van der Waals surface area (Å²) in [6.45, 7) is 4.14. The Bertz CT molecular complexity index is 347. The molecule has 1 aliphatic rings. The Kier molecular flexibility index (Phi) is 3.83. The standard InChI is InChI=1S/C14H22N2/c1-11(10-15)4-5-12-6-7-14-13(9-12)3-2-8-16-14/h6-7,9,11,16H,2-5,8,10,15H2,1H3. The second kappa shape index (κ2) is 5.35. The first-order valence-corrected chi connectivity index (χ1v) is 6.35. The van der Waals surface area contributed by atoms with E-state index in [1.165, 1.54) is 36.1 Å². The van der Waals surface area contributed by atoms with Gasteiger partial charge in [0, 0.05) is 12.2 Å². The number of anilines is 1. The van der Waals surface area contributed by atoms with Crippen LogP contribution in [0.15, 0.2) is 18.2 Å². The molecule has 1 aliphatic heterocycles. The minimum atomic E-state index is 0.633. The van der Waals surface area contributed by atoms with Gasteiger partial charge in [0.2, 0.25) is 0 Å². The summed E-state index contributed by atoms with van der Waals surface area (Å²) in [5, 5.41) is 3.45. The van der Waals surface area contributed by atoms with Gasteiger partial charge in [0.25, 0.3) is 0 Å². The maximum Gasteiger partial charge on any atom is 0.0372 e. The highest BCUT2D eigenvalue weighted by Crippen LogP contribution is 2.23. The van der Waals surface area contributed by atoms with Gasteiger partial charge in [-0.15, -0.1) is 0 Å². The lowest BCUT2D eigenvalue weighted by Crippen LogP contribution is -2.13. The Morgan fingerprint density at radius 3 is 3.12 bits per heavy atom. The van der Waals surface area contributed by atoms with E-state index < -0.39 is 0 Å². The molecule has 3 N–H and O–H groups in total. The third-order valence-corrected chi connectivity index (χ3v) is 3.44. The number of nitrogens with two attached hydrogens (primary N) is 1. The number of nitrogens with one attached hydrogen (secondary N) is 1. The Hall–Kier alpha value is -1.02. The Morgan fingerprint density at radius 2 is 2.31 bits per heavy atom. The van der Waals surface area contributed by atoms with Crippen molar-refractivity contribution < 1.29 is 0 Å². The van der Waals surface area contributed by atoms with Crippen molar-refractivity contribution in [3.8, 4) is 0 Å². The predicted molar refractivity (Wildman–Crippen MR) is 69.8 cm³/mol. The SMILES string of the molecule is CC(CN)CCc1ccc2c(c1)CCCN2. The van der Waals surface area contributed by atoms with Crippen LogP contribution < -0.4 is 11.1 Å². The van der Waals surface area contributed by atoms with Crippen LogP contribution in [-0.4, -0.2) is 13.1 Å². The van der Waals surface area contributed by atoms with Crippen molar-refractivity contribution in [2.45, 2.75) is 32.6 Å². The molecule has 0 saturated heterocycles. The molecule has 0 aromatic heterocycles. The van der Waals surface area contributed by atoms with Gasteiger partial charge in [-0.3, -0.25) is 0 Å². The molecule has 0 saturated carbocycles. The van der Waals surface area contributed by atoms with Crippen molar-refractivity contribution in [2.24, 2.45) is 11.7 Å². The molecule has 88 valence electrons. The maximum atomic E-state index is 5.64. The van der Waals surface area contributed by atoms with E-state index in [1.54, 1.807) is 0 Å².